The highest BCUT2D eigenvalue weighted by atomic mass is 32.2. The van der Waals surface area contributed by atoms with Crippen LogP contribution >= 0.6 is 0 Å². The Morgan fingerprint density at radius 3 is 2.35 bits per heavy atom. The first kappa shape index (κ1) is 18.3. The molecule has 0 aliphatic heterocycles. The van der Waals surface area contributed by atoms with Crippen LogP contribution in [0.5, 0.6) is 0 Å². The molecular weight excluding hydrogens is 350 g/mol. The number of fused-ring (bicyclic) bond motifs is 1. The Balaban J connectivity index is 2.19. The molecule has 0 saturated heterocycles. The van der Waals surface area contributed by atoms with Gasteiger partial charge in [0.1, 0.15) is 5.82 Å². The maximum absolute atomic E-state index is 12.2. The normalized spacial score (nSPS) is 12.1. The maximum Gasteiger partial charge on any atom is 0.302 e. The lowest BCUT2D eigenvalue weighted by atomic mass is 10.0. The van der Waals surface area contributed by atoms with Crippen molar-refractivity contribution in [1.29, 1.82) is 0 Å². The van der Waals surface area contributed by atoms with Gasteiger partial charge in [-0.2, -0.15) is 22.5 Å². The van der Waals surface area contributed by atoms with E-state index in [1.54, 1.807) is 6.07 Å². The molecule has 0 radical (unpaired) electrons. The molecule has 1 N–H and O–H groups in total. The third-order valence-corrected chi connectivity index (χ3v) is 5.63. The summed E-state index contributed by atoms with van der Waals surface area (Å²) in [4.78, 5) is 4.75. The third kappa shape index (κ3) is 3.30. The third-order valence-electron chi connectivity index (χ3n) is 4.20. The van der Waals surface area contributed by atoms with Gasteiger partial charge in [0.15, 0.2) is 5.82 Å². The topological polar surface area (TPSA) is 80.1 Å². The van der Waals surface area contributed by atoms with E-state index in [0.29, 0.717) is 17.3 Å². The van der Waals surface area contributed by atoms with Crippen molar-refractivity contribution in [3.05, 3.63) is 46.6 Å². The summed E-state index contributed by atoms with van der Waals surface area (Å²) in [6.07, 6.45) is 0. The molecule has 0 bridgehead atoms. The van der Waals surface area contributed by atoms with Gasteiger partial charge in [-0.15, -0.1) is 0 Å². The van der Waals surface area contributed by atoms with Gasteiger partial charge in [0, 0.05) is 25.5 Å². The van der Waals surface area contributed by atoms with Crippen LogP contribution in [0.1, 0.15) is 22.4 Å². The fraction of sp³-hybridized carbons (Fsp3) is 0.333. The summed E-state index contributed by atoms with van der Waals surface area (Å²) in [7, 11) is -0.696. The average Bonchev–Trinajstić information content (AvgIpc) is 2.87. The first-order chi connectivity index (χ1) is 12.1. The quantitative estimate of drug-likeness (QED) is 0.763. The van der Waals surface area contributed by atoms with Crippen molar-refractivity contribution in [3.63, 3.8) is 0 Å². The van der Waals surface area contributed by atoms with Crippen LogP contribution in [0.2, 0.25) is 0 Å². The zero-order valence-electron chi connectivity index (χ0n) is 15.8. The molecule has 26 heavy (non-hydrogen) atoms. The Bertz CT molecular complexity index is 1100. The molecule has 0 aliphatic rings. The fourth-order valence-electron chi connectivity index (χ4n) is 2.91. The highest BCUT2D eigenvalue weighted by molar-refractivity contribution is 7.90. The van der Waals surface area contributed by atoms with Crippen molar-refractivity contribution in [2.75, 3.05) is 18.8 Å². The number of benzene rings is 1. The number of aromatic nitrogens is 3. The van der Waals surface area contributed by atoms with E-state index in [1.807, 2.05) is 26.8 Å². The largest absolute Gasteiger partial charge is 0.302 e. The van der Waals surface area contributed by atoms with E-state index >= 15 is 0 Å². The molecule has 0 fully saturated rings. The molecule has 3 rings (SSSR count). The van der Waals surface area contributed by atoms with Gasteiger partial charge < -0.3 is 0 Å². The smallest absolute Gasteiger partial charge is 0.254 e. The van der Waals surface area contributed by atoms with Crippen LogP contribution in [0.15, 0.2) is 24.3 Å². The summed E-state index contributed by atoms with van der Waals surface area (Å²) in [5, 5.41) is 5.52. The summed E-state index contributed by atoms with van der Waals surface area (Å²) in [5.74, 6) is 0.929. The minimum atomic E-state index is -3.64. The second kappa shape index (κ2) is 6.37. The zero-order chi connectivity index (χ0) is 19.2. The fourth-order valence-corrected chi connectivity index (χ4v) is 3.50. The van der Waals surface area contributed by atoms with Crippen LogP contribution in [0.3, 0.4) is 0 Å². The second-order valence-electron chi connectivity index (χ2n) is 6.75. The number of nitrogens with one attached hydrogen (secondary N) is 1. The molecule has 2 heterocycles. The average molecular weight is 373 g/mol. The van der Waals surface area contributed by atoms with Crippen LogP contribution < -0.4 is 4.72 Å². The van der Waals surface area contributed by atoms with Crippen molar-refractivity contribution in [1.82, 2.24) is 19.1 Å². The predicted molar refractivity (Wildman–Crippen MR) is 104 cm³/mol. The lowest BCUT2D eigenvalue weighted by Gasteiger charge is -2.15. The van der Waals surface area contributed by atoms with Gasteiger partial charge >= 0.3 is 10.2 Å². The number of rotatable bonds is 4. The number of nitrogens with zero attached hydrogens (tertiary/aromatic N) is 4. The molecule has 138 valence electrons. The summed E-state index contributed by atoms with van der Waals surface area (Å²) in [6.45, 7) is 7.92. The van der Waals surface area contributed by atoms with Crippen LogP contribution in [0.25, 0.3) is 16.7 Å². The maximum atomic E-state index is 12.2. The zero-order valence-corrected chi connectivity index (χ0v) is 16.6. The minimum Gasteiger partial charge on any atom is -0.254 e. The molecule has 0 saturated carbocycles. The van der Waals surface area contributed by atoms with Crippen molar-refractivity contribution in [2.45, 2.75) is 27.7 Å². The Labute approximate surface area is 153 Å². The van der Waals surface area contributed by atoms with E-state index in [2.05, 4.69) is 28.9 Å². The van der Waals surface area contributed by atoms with Crippen molar-refractivity contribution in [2.24, 2.45) is 0 Å². The first-order valence-electron chi connectivity index (χ1n) is 8.24. The van der Waals surface area contributed by atoms with E-state index in [4.69, 9.17) is 4.98 Å². The Morgan fingerprint density at radius 1 is 1.00 bits per heavy atom. The molecule has 0 atom stereocenters. The molecule has 0 aliphatic carbocycles. The number of hydrogen-bond donors (Lipinski definition) is 1. The molecule has 2 aromatic heterocycles. The molecule has 1 aromatic carbocycles. The molecular formula is C18H23N5O2S. The predicted octanol–water partition coefficient (Wildman–Crippen LogP) is 2.87. The number of pyridine rings is 1. The van der Waals surface area contributed by atoms with Crippen LogP contribution in [0.4, 0.5) is 5.82 Å². The van der Waals surface area contributed by atoms with E-state index in [0.717, 1.165) is 26.3 Å². The van der Waals surface area contributed by atoms with Crippen molar-refractivity contribution < 1.29 is 8.42 Å². The Hall–Kier alpha value is -2.45. The molecule has 3 aromatic rings. The summed E-state index contributed by atoms with van der Waals surface area (Å²) in [5.41, 5.74) is 4.90. The van der Waals surface area contributed by atoms with E-state index in [9.17, 15) is 8.42 Å². The van der Waals surface area contributed by atoms with Crippen molar-refractivity contribution >= 4 is 26.9 Å². The van der Waals surface area contributed by atoms with Gasteiger partial charge in [0.05, 0.1) is 11.2 Å². The highest BCUT2D eigenvalue weighted by Crippen LogP contribution is 2.26. The monoisotopic (exact) mass is 373 g/mol. The Morgan fingerprint density at radius 2 is 1.69 bits per heavy atom. The van der Waals surface area contributed by atoms with E-state index in [1.165, 1.54) is 24.3 Å². The number of anilines is 1. The SMILES string of the molecule is Cc1cc(C)c2nc(-n3nc(C)cc3NS(=O)(=O)N(C)C)cc(C)c2c1. The minimum absolute atomic E-state index is 0.354. The molecule has 0 spiro atoms. The summed E-state index contributed by atoms with van der Waals surface area (Å²) in [6, 6.07) is 7.80. The van der Waals surface area contributed by atoms with E-state index < -0.39 is 10.2 Å². The Kier molecular flexibility index (Phi) is 4.49. The van der Waals surface area contributed by atoms with Gasteiger partial charge in [-0.3, -0.25) is 4.72 Å². The molecule has 0 amide bonds. The summed E-state index contributed by atoms with van der Waals surface area (Å²) < 4.78 is 29.6. The second-order valence-corrected chi connectivity index (χ2v) is 8.63. The van der Waals surface area contributed by atoms with Crippen molar-refractivity contribution in [3.8, 4) is 5.82 Å². The first-order valence-corrected chi connectivity index (χ1v) is 9.68. The lowest BCUT2D eigenvalue weighted by molar-refractivity contribution is 0.526. The van der Waals surface area contributed by atoms with Gasteiger partial charge in [0.2, 0.25) is 0 Å². The van der Waals surface area contributed by atoms with Gasteiger partial charge in [0.25, 0.3) is 0 Å². The van der Waals surface area contributed by atoms with Crippen LogP contribution in [-0.4, -0.2) is 41.6 Å². The molecule has 0 unspecified atom stereocenters. The van der Waals surface area contributed by atoms with Crippen LogP contribution in [0, 0.1) is 27.7 Å². The highest BCUT2D eigenvalue weighted by Gasteiger charge is 2.19. The number of hydrogen-bond acceptors (Lipinski definition) is 4. The summed E-state index contributed by atoms with van der Waals surface area (Å²) >= 11 is 0. The van der Waals surface area contributed by atoms with E-state index in [-0.39, 0.29) is 0 Å². The van der Waals surface area contributed by atoms with Gasteiger partial charge in [-0.1, -0.05) is 11.6 Å². The lowest BCUT2D eigenvalue weighted by Crippen LogP contribution is -2.29. The number of aryl methyl sites for hydroxylation is 4. The van der Waals surface area contributed by atoms with Gasteiger partial charge in [-0.05, 0) is 51.0 Å². The van der Waals surface area contributed by atoms with Crippen LogP contribution in [-0.2, 0) is 10.2 Å². The molecule has 8 heteroatoms. The standard InChI is InChI=1S/C18H23N5O2S/c1-11-7-13(3)18-15(8-11)12(2)9-16(19-18)23-17(10-14(4)20-23)21-26(24,25)22(5)6/h7-10,21H,1-6H3. The molecule has 7 nitrogen and oxygen atoms in total. The van der Waals surface area contributed by atoms with Gasteiger partial charge in [-0.25, -0.2) is 4.98 Å².